The molecule has 0 spiro atoms. The zero-order valence-electron chi connectivity index (χ0n) is 11.5. The molecule has 2 aromatic carbocycles. The molecule has 0 bridgehead atoms. The molecule has 0 aliphatic carbocycles. The Kier molecular flexibility index (Phi) is 3.12. The van der Waals surface area contributed by atoms with Crippen molar-refractivity contribution in [2.24, 2.45) is 0 Å². The minimum atomic E-state index is 0.174. The monoisotopic (exact) mass is 268 g/mol. The third-order valence-corrected chi connectivity index (χ3v) is 3.04. The number of phenolic OH excluding ortho intramolecular Hbond substituents is 1. The fourth-order valence-corrected chi connectivity index (χ4v) is 2.16. The van der Waals surface area contributed by atoms with E-state index in [-0.39, 0.29) is 5.75 Å². The molecule has 3 rings (SSSR count). The topological polar surface area (TPSA) is 54.2 Å². The van der Waals surface area contributed by atoms with Crippen molar-refractivity contribution in [3.63, 3.8) is 0 Å². The lowest BCUT2D eigenvalue weighted by Gasteiger charge is -2.11. The smallest absolute Gasteiger partial charge is 0.143 e. The highest BCUT2D eigenvalue weighted by atomic mass is 16.3. The van der Waals surface area contributed by atoms with Crippen molar-refractivity contribution in [3.05, 3.63) is 48.0 Å². The van der Waals surface area contributed by atoms with Gasteiger partial charge in [0.15, 0.2) is 0 Å². The van der Waals surface area contributed by atoms with Crippen molar-refractivity contribution in [1.82, 2.24) is 19.9 Å². The molecule has 102 valence electrons. The summed E-state index contributed by atoms with van der Waals surface area (Å²) in [6.07, 6.45) is 0. The molecular formula is C15H16N4O. The minimum absolute atomic E-state index is 0.174. The summed E-state index contributed by atoms with van der Waals surface area (Å²) >= 11 is 0. The Morgan fingerprint density at radius 2 is 1.70 bits per heavy atom. The molecule has 1 aromatic heterocycles. The molecule has 20 heavy (non-hydrogen) atoms. The molecule has 0 saturated carbocycles. The van der Waals surface area contributed by atoms with E-state index in [1.807, 2.05) is 50.5 Å². The van der Waals surface area contributed by atoms with Gasteiger partial charge in [0, 0.05) is 6.54 Å². The molecule has 5 heteroatoms. The van der Waals surface area contributed by atoms with Crippen molar-refractivity contribution in [2.45, 2.75) is 6.54 Å². The predicted molar refractivity (Wildman–Crippen MR) is 77.9 cm³/mol. The normalized spacial score (nSPS) is 11.3. The van der Waals surface area contributed by atoms with Gasteiger partial charge in [0.1, 0.15) is 22.5 Å². The Morgan fingerprint density at radius 1 is 1.05 bits per heavy atom. The number of nitrogens with zero attached hydrogens (tertiary/aromatic N) is 4. The van der Waals surface area contributed by atoms with Crippen molar-refractivity contribution in [1.29, 1.82) is 0 Å². The van der Waals surface area contributed by atoms with Gasteiger partial charge in [-0.3, -0.25) is 0 Å². The second-order valence-electron chi connectivity index (χ2n) is 5.04. The van der Waals surface area contributed by atoms with Crippen molar-refractivity contribution in [2.75, 3.05) is 14.1 Å². The summed E-state index contributed by atoms with van der Waals surface area (Å²) in [5.41, 5.74) is 3.32. The molecule has 1 heterocycles. The summed E-state index contributed by atoms with van der Waals surface area (Å²) in [4.78, 5) is 3.56. The number of hydrogen-bond acceptors (Lipinski definition) is 4. The summed E-state index contributed by atoms with van der Waals surface area (Å²) < 4.78 is 0. The third-order valence-electron chi connectivity index (χ3n) is 3.04. The van der Waals surface area contributed by atoms with E-state index < -0.39 is 0 Å². The summed E-state index contributed by atoms with van der Waals surface area (Å²) in [6.45, 7) is 0.800. The molecule has 1 N–H and O–H groups in total. The van der Waals surface area contributed by atoms with Gasteiger partial charge in [-0.05, 0) is 43.9 Å². The minimum Gasteiger partial charge on any atom is -0.506 e. The Labute approximate surface area is 117 Å². The first-order chi connectivity index (χ1) is 9.63. The van der Waals surface area contributed by atoms with Crippen molar-refractivity contribution >= 4 is 11.0 Å². The van der Waals surface area contributed by atoms with Gasteiger partial charge in [-0.2, -0.15) is 0 Å². The lowest BCUT2D eigenvalue weighted by atomic mass is 10.2. The second-order valence-corrected chi connectivity index (χ2v) is 5.04. The number of fused-ring (bicyclic) bond motifs is 1. The van der Waals surface area contributed by atoms with E-state index >= 15 is 0 Å². The summed E-state index contributed by atoms with van der Waals surface area (Å²) in [5, 5.41) is 18.8. The maximum absolute atomic E-state index is 10.0. The molecule has 0 aliphatic rings. The van der Waals surface area contributed by atoms with Gasteiger partial charge >= 0.3 is 0 Å². The summed E-state index contributed by atoms with van der Waals surface area (Å²) in [5.74, 6) is 0.174. The van der Waals surface area contributed by atoms with E-state index in [0.717, 1.165) is 23.1 Å². The van der Waals surface area contributed by atoms with Crippen LogP contribution in [0.1, 0.15) is 5.56 Å². The quantitative estimate of drug-likeness (QED) is 0.791. The van der Waals surface area contributed by atoms with Crippen LogP contribution in [0.3, 0.4) is 0 Å². The van der Waals surface area contributed by atoms with Crippen LogP contribution in [-0.4, -0.2) is 39.1 Å². The molecule has 0 radical (unpaired) electrons. The van der Waals surface area contributed by atoms with E-state index in [1.54, 1.807) is 6.07 Å². The highest BCUT2D eigenvalue weighted by Crippen LogP contribution is 2.23. The van der Waals surface area contributed by atoms with Crippen LogP contribution >= 0.6 is 0 Å². The van der Waals surface area contributed by atoms with E-state index in [4.69, 9.17) is 0 Å². The van der Waals surface area contributed by atoms with Gasteiger partial charge in [-0.1, -0.05) is 18.2 Å². The van der Waals surface area contributed by atoms with Gasteiger partial charge in [-0.15, -0.1) is 15.0 Å². The van der Waals surface area contributed by atoms with Crippen LogP contribution in [0.5, 0.6) is 5.75 Å². The molecule has 0 atom stereocenters. The van der Waals surface area contributed by atoms with Crippen LogP contribution < -0.4 is 0 Å². The van der Waals surface area contributed by atoms with Crippen molar-refractivity contribution in [3.8, 4) is 11.4 Å². The van der Waals surface area contributed by atoms with E-state index in [2.05, 4.69) is 15.1 Å². The second kappa shape index (κ2) is 4.94. The standard InChI is InChI=1S/C15H16N4O/c1-18(2)10-11-7-8-15(20)14(9-11)19-16-12-5-3-4-6-13(12)17-19/h3-9,20H,10H2,1-2H3. The SMILES string of the molecule is CN(C)Cc1ccc(O)c(-n2nc3ccccc3n2)c1. The Morgan fingerprint density at radius 3 is 2.30 bits per heavy atom. The van der Waals surface area contributed by atoms with Crippen LogP contribution in [-0.2, 0) is 6.54 Å². The maximum Gasteiger partial charge on any atom is 0.143 e. The zero-order valence-corrected chi connectivity index (χ0v) is 11.5. The Bertz CT molecular complexity index is 715. The Balaban J connectivity index is 2.07. The molecule has 3 aromatic rings. The lowest BCUT2D eigenvalue weighted by Crippen LogP contribution is -2.11. The van der Waals surface area contributed by atoms with Crippen molar-refractivity contribution < 1.29 is 5.11 Å². The average Bonchev–Trinajstić information content (AvgIpc) is 2.84. The Hall–Kier alpha value is -2.40. The van der Waals surface area contributed by atoms with Crippen LogP contribution in [0, 0.1) is 0 Å². The van der Waals surface area contributed by atoms with Crippen LogP contribution in [0.15, 0.2) is 42.5 Å². The lowest BCUT2D eigenvalue weighted by molar-refractivity contribution is 0.401. The van der Waals surface area contributed by atoms with Gasteiger partial charge in [-0.25, -0.2) is 0 Å². The van der Waals surface area contributed by atoms with Crippen LogP contribution in [0.4, 0.5) is 0 Å². The van der Waals surface area contributed by atoms with E-state index in [9.17, 15) is 5.11 Å². The first-order valence-electron chi connectivity index (χ1n) is 6.42. The van der Waals surface area contributed by atoms with Gasteiger partial charge in [0.2, 0.25) is 0 Å². The molecule has 0 saturated heterocycles. The maximum atomic E-state index is 10.0. The fraction of sp³-hybridized carbons (Fsp3) is 0.200. The average molecular weight is 268 g/mol. The predicted octanol–water partition coefficient (Wildman–Crippen LogP) is 2.19. The van der Waals surface area contributed by atoms with Gasteiger partial charge in [0.25, 0.3) is 0 Å². The number of benzene rings is 2. The molecule has 5 nitrogen and oxygen atoms in total. The van der Waals surface area contributed by atoms with Crippen LogP contribution in [0.25, 0.3) is 16.7 Å². The largest absolute Gasteiger partial charge is 0.506 e. The van der Waals surface area contributed by atoms with Gasteiger partial charge in [0.05, 0.1) is 0 Å². The van der Waals surface area contributed by atoms with Crippen LogP contribution in [0.2, 0.25) is 0 Å². The third kappa shape index (κ3) is 2.35. The number of aromatic hydroxyl groups is 1. The number of aromatic nitrogens is 3. The molecule has 0 aliphatic heterocycles. The first-order valence-corrected chi connectivity index (χ1v) is 6.42. The molecule has 0 unspecified atom stereocenters. The van der Waals surface area contributed by atoms with E-state index in [0.29, 0.717) is 5.69 Å². The highest BCUT2D eigenvalue weighted by molar-refractivity contribution is 5.73. The molecule has 0 amide bonds. The fourth-order valence-electron chi connectivity index (χ4n) is 2.16. The molecular weight excluding hydrogens is 252 g/mol. The first kappa shape index (κ1) is 12.6. The van der Waals surface area contributed by atoms with E-state index in [1.165, 1.54) is 4.80 Å². The zero-order chi connectivity index (χ0) is 14.1. The number of hydrogen-bond donors (Lipinski definition) is 1. The summed E-state index contributed by atoms with van der Waals surface area (Å²) in [7, 11) is 4.01. The number of rotatable bonds is 3. The van der Waals surface area contributed by atoms with Gasteiger partial charge < -0.3 is 10.0 Å². The molecule has 0 fully saturated rings. The number of phenols is 1. The highest BCUT2D eigenvalue weighted by Gasteiger charge is 2.09. The summed E-state index contributed by atoms with van der Waals surface area (Å²) in [6, 6.07) is 13.1.